The van der Waals surface area contributed by atoms with Crippen LogP contribution in [0.1, 0.15) is 37.7 Å². The summed E-state index contributed by atoms with van der Waals surface area (Å²) in [4.78, 5) is 37.9. The van der Waals surface area contributed by atoms with Crippen LogP contribution in [0.25, 0.3) is 16.7 Å². The monoisotopic (exact) mass is 490 g/mol. The number of amides is 3. The third-order valence-corrected chi connectivity index (χ3v) is 7.12. The average Bonchev–Trinajstić information content (AvgIpc) is 3.30. The number of aromatic nitrogens is 4. The topological polar surface area (TPSA) is 110 Å². The van der Waals surface area contributed by atoms with Crippen LogP contribution in [0.2, 0.25) is 0 Å². The van der Waals surface area contributed by atoms with Crippen LogP contribution < -0.4 is 16.2 Å². The zero-order valence-electron chi connectivity index (χ0n) is 19.1. The Morgan fingerprint density at radius 2 is 1.71 bits per heavy atom. The highest BCUT2D eigenvalue weighted by atomic mass is 32.2. The molecule has 2 N–H and O–H groups in total. The first-order valence-corrected chi connectivity index (χ1v) is 12.7. The highest BCUT2D eigenvalue weighted by molar-refractivity contribution is 7.99. The molecule has 0 atom stereocenters. The van der Waals surface area contributed by atoms with Gasteiger partial charge in [0.1, 0.15) is 0 Å². The molecule has 0 saturated heterocycles. The van der Waals surface area contributed by atoms with E-state index in [9.17, 15) is 14.4 Å². The van der Waals surface area contributed by atoms with Crippen molar-refractivity contribution in [2.75, 3.05) is 5.75 Å². The van der Waals surface area contributed by atoms with Gasteiger partial charge in [0.15, 0.2) is 5.16 Å². The minimum absolute atomic E-state index is 0.00891. The van der Waals surface area contributed by atoms with Crippen molar-refractivity contribution in [2.24, 2.45) is 0 Å². The summed E-state index contributed by atoms with van der Waals surface area (Å²) in [5.41, 5.74) is 1.48. The second-order valence-electron chi connectivity index (χ2n) is 8.66. The molecule has 2 aromatic carbocycles. The number of carbonyl (C=O) groups excluding carboxylic acids is 2. The van der Waals surface area contributed by atoms with Gasteiger partial charge < -0.3 is 5.32 Å². The lowest BCUT2D eigenvalue weighted by Crippen LogP contribution is -2.45. The largest absolute Gasteiger partial charge is 0.335 e. The average molecular weight is 491 g/mol. The maximum Gasteiger partial charge on any atom is 0.321 e. The van der Waals surface area contributed by atoms with Crippen LogP contribution in [-0.4, -0.2) is 42.9 Å². The summed E-state index contributed by atoms with van der Waals surface area (Å²) in [6, 6.07) is 16.6. The molecule has 0 radical (unpaired) electrons. The zero-order valence-corrected chi connectivity index (χ0v) is 20.0. The number of thioether (sulfide) groups is 1. The lowest BCUT2D eigenvalue weighted by atomic mass is 9.96. The highest BCUT2D eigenvalue weighted by Gasteiger charge is 2.20. The Kier molecular flexibility index (Phi) is 6.80. The van der Waals surface area contributed by atoms with E-state index in [-0.39, 0.29) is 17.4 Å². The Morgan fingerprint density at radius 3 is 2.51 bits per heavy atom. The Bertz CT molecular complexity index is 1430. The normalized spacial score (nSPS) is 14.3. The van der Waals surface area contributed by atoms with Crippen molar-refractivity contribution in [1.82, 2.24) is 29.8 Å². The van der Waals surface area contributed by atoms with E-state index in [4.69, 9.17) is 0 Å². The molecule has 4 aromatic rings. The van der Waals surface area contributed by atoms with Crippen molar-refractivity contribution >= 4 is 40.4 Å². The van der Waals surface area contributed by atoms with Gasteiger partial charge in [-0.1, -0.05) is 73.5 Å². The first-order chi connectivity index (χ1) is 17.1. The standard InChI is InChI=1S/C25H26N6O3S/c32-21(27-23(34)26-18-11-5-2-6-12-18)16-35-25-29-28-24-30(15-17-9-3-1-4-10-17)22(33)19-13-7-8-14-20(19)31(24)25/h1,3-4,7-10,13-14,18H,2,5-6,11-12,15-16H2,(H2,26,27,32,34). The summed E-state index contributed by atoms with van der Waals surface area (Å²) in [6.45, 7) is 0.346. The molecule has 180 valence electrons. The molecule has 0 spiro atoms. The number of nitrogens with zero attached hydrogens (tertiary/aromatic N) is 4. The summed E-state index contributed by atoms with van der Waals surface area (Å²) in [6.07, 6.45) is 5.27. The number of nitrogens with one attached hydrogen (secondary N) is 2. The van der Waals surface area contributed by atoms with Gasteiger partial charge in [-0.05, 0) is 30.5 Å². The Labute approximate surface area is 205 Å². The fraction of sp³-hybridized carbons (Fsp3) is 0.320. The van der Waals surface area contributed by atoms with Gasteiger partial charge in [0.25, 0.3) is 5.56 Å². The number of para-hydroxylation sites is 1. The Morgan fingerprint density at radius 1 is 0.971 bits per heavy atom. The van der Waals surface area contributed by atoms with Crippen LogP contribution in [-0.2, 0) is 11.3 Å². The quantitative estimate of drug-likeness (QED) is 0.401. The zero-order chi connectivity index (χ0) is 24.2. The molecule has 0 aliphatic heterocycles. The fourth-order valence-electron chi connectivity index (χ4n) is 4.50. The Hall–Kier alpha value is -3.66. The van der Waals surface area contributed by atoms with E-state index in [1.807, 2.05) is 48.5 Å². The van der Waals surface area contributed by atoms with Crippen molar-refractivity contribution in [3.8, 4) is 0 Å². The van der Waals surface area contributed by atoms with Gasteiger partial charge in [-0.3, -0.25) is 23.9 Å². The molecule has 2 heterocycles. The third kappa shape index (κ3) is 5.07. The van der Waals surface area contributed by atoms with Gasteiger partial charge >= 0.3 is 6.03 Å². The molecule has 1 aliphatic carbocycles. The number of benzene rings is 2. The van der Waals surface area contributed by atoms with E-state index >= 15 is 0 Å². The Balaban J connectivity index is 1.37. The van der Waals surface area contributed by atoms with Gasteiger partial charge in [0, 0.05) is 6.04 Å². The van der Waals surface area contributed by atoms with Gasteiger partial charge in [0.2, 0.25) is 11.7 Å². The first kappa shape index (κ1) is 23.1. The molecule has 5 rings (SSSR count). The minimum Gasteiger partial charge on any atom is -0.335 e. The predicted octanol–water partition coefficient (Wildman–Crippen LogP) is 3.34. The van der Waals surface area contributed by atoms with E-state index in [1.165, 1.54) is 18.2 Å². The SMILES string of the molecule is O=C(CSc1nnc2n(Cc3ccccc3)c(=O)c3ccccc3n12)NC(=O)NC1CCCCC1. The van der Waals surface area contributed by atoms with E-state index in [1.54, 1.807) is 15.0 Å². The van der Waals surface area contributed by atoms with Crippen LogP contribution in [0.4, 0.5) is 4.79 Å². The second kappa shape index (κ2) is 10.3. The van der Waals surface area contributed by atoms with E-state index < -0.39 is 11.9 Å². The summed E-state index contributed by atoms with van der Waals surface area (Å²) >= 11 is 1.17. The van der Waals surface area contributed by atoms with Crippen LogP contribution in [0, 0.1) is 0 Å². The summed E-state index contributed by atoms with van der Waals surface area (Å²) in [5.74, 6) is -0.0251. The number of fused-ring (bicyclic) bond motifs is 3. The molecule has 1 fully saturated rings. The van der Waals surface area contributed by atoms with Crippen LogP contribution in [0.15, 0.2) is 64.5 Å². The molecule has 10 heteroatoms. The van der Waals surface area contributed by atoms with E-state index in [0.29, 0.717) is 28.4 Å². The van der Waals surface area contributed by atoms with E-state index in [2.05, 4.69) is 20.8 Å². The third-order valence-electron chi connectivity index (χ3n) is 6.19. The summed E-state index contributed by atoms with van der Waals surface area (Å²) in [7, 11) is 0. The highest BCUT2D eigenvalue weighted by Crippen LogP contribution is 2.22. The van der Waals surface area contributed by atoms with Gasteiger partial charge in [-0.25, -0.2) is 4.79 Å². The van der Waals surface area contributed by atoms with Crippen LogP contribution in [0.5, 0.6) is 0 Å². The molecule has 1 aliphatic rings. The van der Waals surface area contributed by atoms with Crippen LogP contribution in [0.3, 0.4) is 0 Å². The van der Waals surface area contributed by atoms with Gasteiger partial charge in [-0.2, -0.15) is 0 Å². The van der Waals surface area contributed by atoms with Crippen molar-refractivity contribution in [1.29, 1.82) is 0 Å². The molecule has 2 aromatic heterocycles. The second-order valence-corrected chi connectivity index (χ2v) is 9.60. The number of urea groups is 1. The number of hydrogen-bond donors (Lipinski definition) is 2. The summed E-state index contributed by atoms with van der Waals surface area (Å²) < 4.78 is 3.38. The molecule has 0 bridgehead atoms. The number of rotatable bonds is 6. The molecule has 0 unspecified atom stereocenters. The van der Waals surface area contributed by atoms with Gasteiger partial charge in [0.05, 0.1) is 23.2 Å². The predicted molar refractivity (Wildman–Crippen MR) is 135 cm³/mol. The van der Waals surface area contributed by atoms with Crippen molar-refractivity contribution in [3.63, 3.8) is 0 Å². The summed E-state index contributed by atoms with van der Waals surface area (Å²) in [5, 5.41) is 14.9. The van der Waals surface area contributed by atoms with Gasteiger partial charge in [-0.15, -0.1) is 10.2 Å². The van der Waals surface area contributed by atoms with E-state index in [0.717, 1.165) is 31.2 Å². The molecule has 1 saturated carbocycles. The van der Waals surface area contributed by atoms with Crippen molar-refractivity contribution in [3.05, 3.63) is 70.5 Å². The maximum absolute atomic E-state index is 13.3. The molecular weight excluding hydrogens is 464 g/mol. The van der Waals surface area contributed by atoms with Crippen molar-refractivity contribution < 1.29 is 9.59 Å². The fourth-order valence-corrected chi connectivity index (χ4v) is 5.24. The number of hydrogen-bond acceptors (Lipinski definition) is 6. The molecular formula is C25H26N6O3S. The van der Waals surface area contributed by atoms with Crippen molar-refractivity contribution in [2.45, 2.75) is 49.8 Å². The maximum atomic E-state index is 13.3. The lowest BCUT2D eigenvalue weighted by Gasteiger charge is -2.22. The first-order valence-electron chi connectivity index (χ1n) is 11.7. The molecule has 3 amide bonds. The number of imide groups is 1. The molecule has 35 heavy (non-hydrogen) atoms. The lowest BCUT2D eigenvalue weighted by molar-refractivity contribution is -0.117. The number of carbonyl (C=O) groups is 2. The minimum atomic E-state index is -0.462. The molecule has 9 nitrogen and oxygen atoms in total. The smallest absolute Gasteiger partial charge is 0.321 e. The van der Waals surface area contributed by atoms with Crippen LogP contribution >= 0.6 is 11.8 Å².